The van der Waals surface area contributed by atoms with Crippen molar-refractivity contribution < 1.29 is 18.8 Å². The smallest absolute Gasteiger partial charge is 0.259 e. The molecule has 0 spiro atoms. The summed E-state index contributed by atoms with van der Waals surface area (Å²) in [6.45, 7) is 3.75. The minimum atomic E-state index is -0.222. The van der Waals surface area contributed by atoms with Gasteiger partial charge in [0, 0.05) is 11.6 Å². The Bertz CT molecular complexity index is 1040. The van der Waals surface area contributed by atoms with E-state index in [1.165, 1.54) is 0 Å². The fourth-order valence-corrected chi connectivity index (χ4v) is 3.36. The molecule has 1 saturated carbocycles. The van der Waals surface area contributed by atoms with Crippen molar-refractivity contribution in [3.05, 3.63) is 46.8 Å². The number of carbonyl (C=O) groups is 1. The van der Waals surface area contributed by atoms with E-state index >= 15 is 0 Å². The molecule has 28 heavy (non-hydrogen) atoms. The fourth-order valence-electron chi connectivity index (χ4n) is 3.36. The van der Waals surface area contributed by atoms with Gasteiger partial charge in [0.1, 0.15) is 0 Å². The first-order chi connectivity index (χ1) is 13.5. The van der Waals surface area contributed by atoms with Crippen molar-refractivity contribution in [2.45, 2.75) is 38.6 Å². The number of hydrogen-bond donors (Lipinski definition) is 1. The molecule has 3 aromatic rings. The lowest BCUT2D eigenvalue weighted by Gasteiger charge is -2.17. The summed E-state index contributed by atoms with van der Waals surface area (Å²) in [5.41, 5.74) is 3.45. The van der Waals surface area contributed by atoms with Crippen LogP contribution < -0.4 is 14.8 Å². The molecule has 0 bridgehead atoms. The number of aromatic nitrogens is 2. The van der Waals surface area contributed by atoms with Crippen molar-refractivity contribution in [1.29, 1.82) is 0 Å². The van der Waals surface area contributed by atoms with E-state index in [0.717, 1.165) is 24.1 Å². The van der Waals surface area contributed by atoms with E-state index in [0.29, 0.717) is 39.8 Å². The maximum absolute atomic E-state index is 13.1. The summed E-state index contributed by atoms with van der Waals surface area (Å²) < 4.78 is 16.0. The highest BCUT2D eigenvalue weighted by Crippen LogP contribution is 2.40. The number of fused-ring (bicyclic) bond motifs is 1. The maximum atomic E-state index is 13.1. The van der Waals surface area contributed by atoms with E-state index < -0.39 is 0 Å². The predicted molar refractivity (Wildman–Crippen MR) is 104 cm³/mol. The average Bonchev–Trinajstić information content (AvgIpc) is 3.50. The van der Waals surface area contributed by atoms with Gasteiger partial charge in [0.05, 0.1) is 36.9 Å². The summed E-state index contributed by atoms with van der Waals surface area (Å²) in [5.74, 6) is 1.50. The number of benzene rings is 1. The number of nitrogens with one attached hydrogen (secondary N) is 1. The van der Waals surface area contributed by atoms with Gasteiger partial charge in [0.25, 0.3) is 11.6 Å². The Morgan fingerprint density at radius 2 is 1.96 bits per heavy atom. The van der Waals surface area contributed by atoms with Crippen molar-refractivity contribution in [3.63, 3.8) is 0 Å². The van der Waals surface area contributed by atoms with Gasteiger partial charge in [-0.15, -0.1) is 0 Å². The maximum Gasteiger partial charge on any atom is 0.259 e. The number of hydrogen-bond acceptors (Lipinski definition) is 6. The highest BCUT2D eigenvalue weighted by atomic mass is 16.5. The number of aryl methyl sites for hydroxylation is 1. The van der Waals surface area contributed by atoms with E-state index in [4.69, 9.17) is 14.0 Å². The summed E-state index contributed by atoms with van der Waals surface area (Å²) >= 11 is 0. The van der Waals surface area contributed by atoms with Crippen LogP contribution in [0, 0.1) is 6.92 Å². The zero-order chi connectivity index (χ0) is 19.8. The number of nitrogens with zero attached hydrogens (tertiary/aromatic N) is 2. The lowest BCUT2D eigenvalue weighted by Crippen LogP contribution is -2.27. The minimum Gasteiger partial charge on any atom is -0.493 e. The summed E-state index contributed by atoms with van der Waals surface area (Å²) in [6.07, 6.45) is 2.18. The molecule has 1 fully saturated rings. The lowest BCUT2D eigenvalue weighted by molar-refractivity contribution is 0.0941. The molecule has 0 unspecified atom stereocenters. The molecule has 0 saturated heterocycles. The van der Waals surface area contributed by atoms with Gasteiger partial charge in [-0.2, -0.15) is 0 Å². The molecule has 1 aliphatic carbocycles. The summed E-state index contributed by atoms with van der Waals surface area (Å²) in [7, 11) is 3.18. The SMILES string of the molecule is COc1ccc([C@@H](C)NC(=O)c2cc(C3CC3)nc3onc(C)c23)cc1OC. The Balaban J connectivity index is 1.64. The second kappa shape index (κ2) is 7.14. The van der Waals surface area contributed by atoms with Gasteiger partial charge in [-0.1, -0.05) is 11.2 Å². The second-order valence-corrected chi connectivity index (χ2v) is 7.13. The first-order valence-electron chi connectivity index (χ1n) is 9.31. The first-order valence-corrected chi connectivity index (χ1v) is 9.31. The van der Waals surface area contributed by atoms with Crippen LogP contribution >= 0.6 is 0 Å². The quantitative estimate of drug-likeness (QED) is 0.696. The van der Waals surface area contributed by atoms with Crippen molar-refractivity contribution in [1.82, 2.24) is 15.5 Å². The molecule has 0 radical (unpaired) electrons. The molecule has 2 aromatic heterocycles. The molecular formula is C21H23N3O4. The van der Waals surface area contributed by atoms with Crippen molar-refractivity contribution in [2.24, 2.45) is 0 Å². The highest BCUT2D eigenvalue weighted by molar-refractivity contribution is 6.06. The van der Waals surface area contributed by atoms with Crippen LogP contribution in [-0.2, 0) is 0 Å². The van der Waals surface area contributed by atoms with Crippen LogP contribution in [0.25, 0.3) is 11.1 Å². The monoisotopic (exact) mass is 381 g/mol. The topological polar surface area (TPSA) is 86.5 Å². The van der Waals surface area contributed by atoms with Crippen LogP contribution in [0.4, 0.5) is 0 Å². The number of pyridine rings is 1. The zero-order valence-corrected chi connectivity index (χ0v) is 16.4. The fraction of sp³-hybridized carbons (Fsp3) is 0.381. The van der Waals surface area contributed by atoms with E-state index in [1.807, 2.05) is 38.1 Å². The largest absolute Gasteiger partial charge is 0.493 e. The molecule has 0 aliphatic heterocycles. The van der Waals surface area contributed by atoms with Crippen LogP contribution in [0.2, 0.25) is 0 Å². The van der Waals surface area contributed by atoms with Gasteiger partial charge in [-0.3, -0.25) is 4.79 Å². The minimum absolute atomic E-state index is 0.178. The van der Waals surface area contributed by atoms with Gasteiger partial charge < -0.3 is 19.3 Å². The number of amides is 1. The molecule has 1 atom stereocenters. The molecule has 1 aromatic carbocycles. The van der Waals surface area contributed by atoms with E-state index in [1.54, 1.807) is 14.2 Å². The molecule has 2 heterocycles. The van der Waals surface area contributed by atoms with Gasteiger partial charge in [0.2, 0.25) is 0 Å². The third-order valence-corrected chi connectivity index (χ3v) is 5.13. The van der Waals surface area contributed by atoms with Crippen molar-refractivity contribution in [2.75, 3.05) is 14.2 Å². The predicted octanol–water partition coefficient (Wildman–Crippen LogP) is 3.92. The molecule has 1 N–H and O–H groups in total. The zero-order valence-electron chi connectivity index (χ0n) is 16.4. The number of ether oxygens (including phenoxy) is 2. The third kappa shape index (κ3) is 3.28. The van der Waals surface area contributed by atoms with Crippen molar-refractivity contribution in [3.8, 4) is 11.5 Å². The molecular weight excluding hydrogens is 358 g/mol. The van der Waals surface area contributed by atoms with Crippen molar-refractivity contribution >= 4 is 17.0 Å². The number of rotatable bonds is 6. The average molecular weight is 381 g/mol. The van der Waals surface area contributed by atoms with E-state index in [2.05, 4.69) is 15.5 Å². The Labute approximate surface area is 163 Å². The molecule has 7 heteroatoms. The van der Waals surface area contributed by atoms with Crippen LogP contribution in [0.1, 0.15) is 59.0 Å². The Morgan fingerprint density at radius 1 is 1.21 bits per heavy atom. The van der Waals surface area contributed by atoms with Gasteiger partial charge in [0.15, 0.2) is 11.5 Å². The van der Waals surface area contributed by atoms with Crippen LogP contribution in [0.5, 0.6) is 11.5 Å². The summed E-state index contributed by atoms with van der Waals surface area (Å²) in [5, 5.41) is 7.72. The molecule has 1 aliphatic rings. The van der Waals surface area contributed by atoms with Gasteiger partial charge in [-0.25, -0.2) is 4.98 Å². The van der Waals surface area contributed by atoms with Crippen LogP contribution in [0.15, 0.2) is 28.8 Å². The molecule has 7 nitrogen and oxygen atoms in total. The highest BCUT2D eigenvalue weighted by Gasteiger charge is 2.29. The number of methoxy groups -OCH3 is 2. The Hall–Kier alpha value is -3.09. The van der Waals surface area contributed by atoms with E-state index in [-0.39, 0.29) is 11.9 Å². The van der Waals surface area contributed by atoms with E-state index in [9.17, 15) is 4.79 Å². The second-order valence-electron chi connectivity index (χ2n) is 7.13. The van der Waals surface area contributed by atoms with Gasteiger partial charge >= 0.3 is 0 Å². The van der Waals surface area contributed by atoms with Crippen LogP contribution in [0.3, 0.4) is 0 Å². The Kier molecular flexibility index (Phi) is 4.66. The summed E-state index contributed by atoms with van der Waals surface area (Å²) in [6, 6.07) is 7.26. The third-order valence-electron chi connectivity index (χ3n) is 5.13. The molecule has 146 valence electrons. The van der Waals surface area contributed by atoms with Gasteiger partial charge in [-0.05, 0) is 50.5 Å². The molecule has 4 rings (SSSR count). The first kappa shape index (κ1) is 18.3. The Morgan fingerprint density at radius 3 is 2.64 bits per heavy atom. The molecule has 1 amide bonds. The summed E-state index contributed by atoms with van der Waals surface area (Å²) in [4.78, 5) is 17.6. The lowest BCUT2D eigenvalue weighted by atomic mass is 10.0. The number of carbonyl (C=O) groups excluding carboxylic acids is 1. The normalized spacial score (nSPS) is 14.7. The van der Waals surface area contributed by atoms with Crippen LogP contribution in [-0.4, -0.2) is 30.3 Å². The standard InChI is InChI=1S/C21H23N3O4/c1-11(14-7-8-17(26-3)18(9-14)27-4)22-20(25)15-10-16(13-5-6-13)23-21-19(15)12(2)24-28-21/h7-11,13H,5-6H2,1-4H3,(H,22,25)/t11-/m1/s1.